The number of alkyl halides is 3. The van der Waals surface area contributed by atoms with Gasteiger partial charge >= 0.3 is 6.18 Å². The minimum Gasteiger partial charge on any atom is -0.611 e. The van der Waals surface area contributed by atoms with Gasteiger partial charge in [-0.05, 0) is 84.9 Å². The number of rotatable bonds is 8. The summed E-state index contributed by atoms with van der Waals surface area (Å²) in [7, 11) is 0. The number of carbonyl (C=O) groups excluding carboxylic acids is 1. The van der Waals surface area contributed by atoms with E-state index in [9.17, 15) is 22.5 Å². The van der Waals surface area contributed by atoms with Crippen LogP contribution in [0.2, 0.25) is 0 Å². The molecule has 0 saturated heterocycles. The molecule has 202 valence electrons. The van der Waals surface area contributed by atoms with Crippen LogP contribution in [0.3, 0.4) is 0 Å². The molecule has 1 N–H and O–H groups in total. The number of aromatic nitrogens is 1. The second-order valence-electron chi connectivity index (χ2n) is 10.6. The zero-order valence-electron chi connectivity index (χ0n) is 21.7. The van der Waals surface area contributed by atoms with Gasteiger partial charge in [0.2, 0.25) is 0 Å². The fourth-order valence-corrected chi connectivity index (χ4v) is 6.43. The van der Waals surface area contributed by atoms with E-state index in [1.807, 2.05) is 37.3 Å². The molecule has 2 unspecified atom stereocenters. The molecule has 1 amide bonds. The number of fused-ring (bicyclic) bond motifs is 1. The van der Waals surface area contributed by atoms with Gasteiger partial charge in [0.15, 0.2) is 4.90 Å². The third kappa shape index (κ3) is 6.67. The number of nitrogens with zero attached hydrogens (tertiary/aromatic N) is 2. The number of hydrogen-bond donors (Lipinski definition) is 1. The molecular formula is C28H36F3N3O2S. The van der Waals surface area contributed by atoms with E-state index in [-0.39, 0.29) is 30.7 Å². The number of hydrogen-bond acceptors (Lipinski definition) is 4. The van der Waals surface area contributed by atoms with Crippen molar-refractivity contribution in [1.82, 2.24) is 15.2 Å². The van der Waals surface area contributed by atoms with E-state index in [2.05, 4.69) is 29.0 Å². The Bertz CT molecular complexity index is 1070. The molecule has 1 aromatic heterocycles. The Morgan fingerprint density at radius 2 is 1.86 bits per heavy atom. The van der Waals surface area contributed by atoms with Crippen LogP contribution in [0.25, 0.3) is 0 Å². The van der Waals surface area contributed by atoms with Crippen LogP contribution in [0.15, 0.2) is 41.4 Å². The van der Waals surface area contributed by atoms with Gasteiger partial charge in [0, 0.05) is 25.8 Å². The number of amides is 1. The van der Waals surface area contributed by atoms with Gasteiger partial charge in [0.25, 0.3) is 5.91 Å². The molecule has 1 aliphatic carbocycles. The van der Waals surface area contributed by atoms with Gasteiger partial charge in [-0.3, -0.25) is 14.7 Å². The molecule has 4 rings (SSSR count). The maximum atomic E-state index is 13.1. The van der Waals surface area contributed by atoms with Crippen molar-refractivity contribution in [1.29, 1.82) is 0 Å². The van der Waals surface area contributed by atoms with Crippen LogP contribution in [0.1, 0.15) is 79.7 Å². The van der Waals surface area contributed by atoms with Gasteiger partial charge in [-0.25, -0.2) is 0 Å². The minimum atomic E-state index is -4.09. The van der Waals surface area contributed by atoms with Crippen molar-refractivity contribution in [3.05, 3.63) is 58.9 Å². The minimum absolute atomic E-state index is 0.0969. The molecule has 0 radical (unpaired) electrons. The van der Waals surface area contributed by atoms with Crippen molar-refractivity contribution < 1.29 is 22.5 Å². The SMILES string of the molecule is CC[S+]([O-])c1ccc(CNC(=O)c2cnc3c(c2)CN(C[C@H]2CC[C@@H](C(F)(F)F)CC2)C3C(C)C)cc1. The highest BCUT2D eigenvalue weighted by Gasteiger charge is 2.42. The predicted molar refractivity (Wildman–Crippen MR) is 138 cm³/mol. The summed E-state index contributed by atoms with van der Waals surface area (Å²) in [5.74, 6) is -0.263. The Balaban J connectivity index is 1.37. The first-order valence-corrected chi connectivity index (χ1v) is 14.4. The molecule has 1 saturated carbocycles. The highest BCUT2D eigenvalue weighted by atomic mass is 32.2. The second kappa shape index (κ2) is 11.7. The van der Waals surface area contributed by atoms with E-state index in [0.717, 1.165) is 28.3 Å². The van der Waals surface area contributed by atoms with E-state index < -0.39 is 23.3 Å². The molecule has 5 nitrogen and oxygen atoms in total. The van der Waals surface area contributed by atoms with Gasteiger partial charge in [0.1, 0.15) is 5.75 Å². The summed E-state index contributed by atoms with van der Waals surface area (Å²) in [5.41, 5.74) is 3.40. The summed E-state index contributed by atoms with van der Waals surface area (Å²) >= 11 is -1.00. The standard InChI is InChI=1S/C28H36F3N3O2S/c1-4-37(36)24-11-7-19(8-12-24)14-33-27(35)21-13-22-17-34(26(18(2)3)25(22)32-15-21)16-20-5-9-23(10-6-20)28(29,30)31/h7-8,11-13,15,18,20,23,26H,4-6,9-10,14,16-17H2,1-3H3,(H,33,35)/t20-,23+,26?,37?. The number of pyridine rings is 1. The first-order chi connectivity index (χ1) is 17.6. The predicted octanol–water partition coefficient (Wildman–Crippen LogP) is 6.02. The first kappa shape index (κ1) is 27.9. The van der Waals surface area contributed by atoms with Crippen LogP contribution in [-0.2, 0) is 24.3 Å². The summed E-state index contributed by atoms with van der Waals surface area (Å²) in [6.45, 7) is 7.91. The summed E-state index contributed by atoms with van der Waals surface area (Å²) in [6, 6.07) is 9.40. The molecule has 1 aliphatic heterocycles. The number of carbonyl (C=O) groups is 1. The van der Waals surface area contributed by atoms with Crippen molar-refractivity contribution in [3.8, 4) is 0 Å². The summed E-state index contributed by atoms with van der Waals surface area (Å²) in [5, 5.41) is 2.94. The Labute approximate surface area is 220 Å². The molecule has 9 heteroatoms. The lowest BCUT2D eigenvalue weighted by Gasteiger charge is -2.35. The molecule has 2 aliphatic rings. The lowest BCUT2D eigenvalue weighted by molar-refractivity contribution is -0.184. The molecule has 0 spiro atoms. The van der Waals surface area contributed by atoms with E-state index in [1.165, 1.54) is 0 Å². The zero-order valence-corrected chi connectivity index (χ0v) is 22.5. The number of halogens is 3. The van der Waals surface area contributed by atoms with Crippen LogP contribution in [0, 0.1) is 17.8 Å². The Hall–Kier alpha value is -2.10. The lowest BCUT2D eigenvalue weighted by Crippen LogP contribution is -2.35. The fourth-order valence-electron chi connectivity index (χ4n) is 5.66. The smallest absolute Gasteiger partial charge is 0.391 e. The third-order valence-corrected chi connectivity index (χ3v) is 8.97. The van der Waals surface area contributed by atoms with Gasteiger partial charge in [-0.1, -0.05) is 26.0 Å². The van der Waals surface area contributed by atoms with Crippen LogP contribution < -0.4 is 5.32 Å². The maximum absolute atomic E-state index is 13.1. The summed E-state index contributed by atoms with van der Waals surface area (Å²) in [6.07, 6.45) is -0.854. The number of nitrogens with one attached hydrogen (secondary N) is 1. The molecule has 1 aromatic carbocycles. The Kier molecular flexibility index (Phi) is 8.86. The van der Waals surface area contributed by atoms with E-state index >= 15 is 0 Å². The highest BCUT2D eigenvalue weighted by molar-refractivity contribution is 7.91. The summed E-state index contributed by atoms with van der Waals surface area (Å²) in [4.78, 5) is 20.7. The van der Waals surface area contributed by atoms with Crippen molar-refractivity contribution in [2.24, 2.45) is 17.8 Å². The molecule has 37 heavy (non-hydrogen) atoms. The Morgan fingerprint density at radius 3 is 2.46 bits per heavy atom. The normalized spacial score (nSPS) is 23.2. The molecule has 2 atom stereocenters. The van der Waals surface area contributed by atoms with Gasteiger partial charge in [0.05, 0.1) is 23.2 Å². The lowest BCUT2D eigenvalue weighted by atomic mass is 9.81. The quantitative estimate of drug-likeness (QED) is 0.420. The number of benzene rings is 1. The average molecular weight is 536 g/mol. The van der Waals surface area contributed by atoms with E-state index in [4.69, 9.17) is 0 Å². The molecular weight excluding hydrogens is 499 g/mol. The molecule has 2 heterocycles. The van der Waals surface area contributed by atoms with Crippen LogP contribution in [-0.4, -0.2) is 38.8 Å². The monoisotopic (exact) mass is 535 g/mol. The van der Waals surface area contributed by atoms with Gasteiger partial charge in [-0.2, -0.15) is 13.2 Å². The maximum Gasteiger partial charge on any atom is 0.391 e. The zero-order chi connectivity index (χ0) is 26.7. The van der Waals surface area contributed by atoms with Crippen LogP contribution >= 0.6 is 0 Å². The molecule has 2 aromatic rings. The van der Waals surface area contributed by atoms with Crippen molar-refractivity contribution >= 4 is 17.1 Å². The first-order valence-electron chi connectivity index (χ1n) is 13.1. The van der Waals surface area contributed by atoms with Crippen molar-refractivity contribution in [2.45, 2.75) is 76.7 Å². The summed E-state index contributed by atoms with van der Waals surface area (Å²) < 4.78 is 51.1. The van der Waals surface area contributed by atoms with Crippen LogP contribution in [0.4, 0.5) is 13.2 Å². The third-order valence-electron chi connectivity index (χ3n) is 7.65. The average Bonchev–Trinajstić information content (AvgIpc) is 3.24. The van der Waals surface area contributed by atoms with E-state index in [0.29, 0.717) is 43.2 Å². The topological polar surface area (TPSA) is 68.3 Å². The van der Waals surface area contributed by atoms with Crippen molar-refractivity contribution in [3.63, 3.8) is 0 Å². The highest BCUT2D eigenvalue weighted by Crippen LogP contribution is 2.43. The Morgan fingerprint density at radius 1 is 1.19 bits per heavy atom. The largest absolute Gasteiger partial charge is 0.611 e. The fraction of sp³-hybridized carbons (Fsp3) is 0.571. The van der Waals surface area contributed by atoms with Gasteiger partial charge < -0.3 is 9.87 Å². The molecule has 0 bridgehead atoms. The van der Waals surface area contributed by atoms with E-state index in [1.54, 1.807) is 6.20 Å². The molecule has 1 fully saturated rings. The van der Waals surface area contributed by atoms with Gasteiger partial charge in [-0.15, -0.1) is 0 Å². The van der Waals surface area contributed by atoms with Crippen molar-refractivity contribution in [2.75, 3.05) is 12.3 Å². The van der Waals surface area contributed by atoms with Crippen LogP contribution in [0.5, 0.6) is 0 Å². The second-order valence-corrected chi connectivity index (χ2v) is 12.3.